The van der Waals surface area contributed by atoms with Crippen LogP contribution in [0.25, 0.3) is 4.96 Å². The van der Waals surface area contributed by atoms with Crippen molar-refractivity contribution in [3.05, 3.63) is 52.8 Å². The van der Waals surface area contributed by atoms with Crippen LogP contribution in [0.15, 0.2) is 36.0 Å². The molecule has 104 valence electrons. The fraction of sp³-hybridized carbons (Fsp3) is 0.267. The summed E-state index contributed by atoms with van der Waals surface area (Å²) in [7, 11) is 0. The van der Waals surface area contributed by atoms with Crippen LogP contribution in [0.4, 0.5) is 0 Å². The zero-order valence-electron chi connectivity index (χ0n) is 11.4. The fourth-order valence-corrected chi connectivity index (χ4v) is 2.84. The number of aromatic nitrogens is 2. The van der Waals surface area contributed by atoms with Crippen molar-refractivity contribution in [3.63, 3.8) is 0 Å². The lowest BCUT2D eigenvalue weighted by molar-refractivity contribution is 0.189. The summed E-state index contributed by atoms with van der Waals surface area (Å²) in [6.45, 7) is 4.14. The average Bonchev–Trinajstić information content (AvgIpc) is 2.97. The quantitative estimate of drug-likeness (QED) is 0.801. The van der Waals surface area contributed by atoms with Crippen LogP contribution in [0.5, 0.6) is 5.75 Å². The maximum atomic E-state index is 9.81. The van der Waals surface area contributed by atoms with Crippen LogP contribution < -0.4 is 4.74 Å². The molecule has 2 heterocycles. The molecule has 20 heavy (non-hydrogen) atoms. The highest BCUT2D eigenvalue weighted by molar-refractivity contribution is 7.15. The molecule has 1 N–H and O–H groups in total. The van der Waals surface area contributed by atoms with Gasteiger partial charge in [0.05, 0.1) is 11.8 Å². The average molecular weight is 288 g/mol. The molecule has 0 unspecified atom stereocenters. The molecule has 0 radical (unpaired) electrons. The van der Waals surface area contributed by atoms with Gasteiger partial charge < -0.3 is 9.84 Å². The third-order valence-corrected chi connectivity index (χ3v) is 3.90. The van der Waals surface area contributed by atoms with Crippen molar-refractivity contribution >= 4 is 16.3 Å². The summed E-state index contributed by atoms with van der Waals surface area (Å²) in [5, 5.41) is 11.8. The van der Waals surface area contributed by atoms with Crippen molar-refractivity contribution in [2.75, 3.05) is 0 Å². The van der Waals surface area contributed by atoms with Crippen LogP contribution in [-0.4, -0.2) is 14.5 Å². The van der Waals surface area contributed by atoms with E-state index in [9.17, 15) is 5.11 Å². The number of aliphatic hydroxyl groups excluding tert-OH is 1. The molecule has 0 aliphatic heterocycles. The fourth-order valence-electron chi connectivity index (χ4n) is 2.12. The normalized spacial score (nSPS) is 12.8. The lowest BCUT2D eigenvalue weighted by atomic mass is 10.1. The highest BCUT2D eigenvalue weighted by Gasteiger charge is 2.10. The molecule has 0 fully saturated rings. The Morgan fingerprint density at radius 2 is 2.30 bits per heavy atom. The molecule has 5 heteroatoms. The second-order valence-corrected chi connectivity index (χ2v) is 5.70. The predicted octanol–water partition coefficient (Wildman–Crippen LogP) is 3.34. The Morgan fingerprint density at radius 3 is 3.05 bits per heavy atom. The van der Waals surface area contributed by atoms with Gasteiger partial charge in [0.1, 0.15) is 12.4 Å². The van der Waals surface area contributed by atoms with E-state index in [0.717, 1.165) is 21.8 Å². The van der Waals surface area contributed by atoms with E-state index in [0.29, 0.717) is 12.4 Å². The highest BCUT2D eigenvalue weighted by atomic mass is 32.1. The summed E-state index contributed by atoms with van der Waals surface area (Å²) >= 11 is 1.60. The van der Waals surface area contributed by atoms with E-state index in [-0.39, 0.29) is 0 Å². The highest BCUT2D eigenvalue weighted by Crippen LogP contribution is 2.27. The molecule has 2 aromatic heterocycles. The van der Waals surface area contributed by atoms with Gasteiger partial charge >= 0.3 is 0 Å². The number of ether oxygens (including phenoxy) is 1. The number of nitrogens with zero attached hydrogens (tertiary/aromatic N) is 2. The minimum absolute atomic E-state index is 0.400. The summed E-state index contributed by atoms with van der Waals surface area (Å²) in [6.07, 6.45) is 3.39. The first-order valence-corrected chi connectivity index (χ1v) is 7.34. The number of aryl methyl sites for hydroxylation is 1. The lowest BCUT2D eigenvalue weighted by Gasteiger charge is -2.13. The van der Waals surface area contributed by atoms with Gasteiger partial charge in [-0.2, -0.15) is 0 Å². The Labute approximate surface area is 121 Å². The summed E-state index contributed by atoms with van der Waals surface area (Å²) in [6, 6.07) is 5.83. The van der Waals surface area contributed by atoms with Gasteiger partial charge in [0, 0.05) is 23.3 Å². The summed E-state index contributed by atoms with van der Waals surface area (Å²) < 4.78 is 7.79. The second-order valence-electron chi connectivity index (χ2n) is 4.83. The van der Waals surface area contributed by atoms with Gasteiger partial charge in [0.15, 0.2) is 4.96 Å². The third kappa shape index (κ3) is 2.55. The van der Waals surface area contributed by atoms with Gasteiger partial charge in [-0.15, -0.1) is 11.3 Å². The standard InChI is InChI=1S/C15H16N2O2S/c1-10-3-4-14(13(7-10)11(2)18)19-9-12-8-17-5-6-20-15(17)16-12/h3-8,11,18H,9H2,1-2H3/t11-/m1/s1. The molecule has 0 aliphatic carbocycles. The van der Waals surface area contributed by atoms with Gasteiger partial charge in [-0.1, -0.05) is 11.6 Å². The van der Waals surface area contributed by atoms with E-state index in [4.69, 9.17) is 4.74 Å². The summed E-state index contributed by atoms with van der Waals surface area (Å²) in [5.74, 6) is 0.710. The minimum atomic E-state index is -0.546. The van der Waals surface area contributed by atoms with Gasteiger partial charge in [-0.05, 0) is 26.0 Å². The van der Waals surface area contributed by atoms with Crippen LogP contribution in [0.2, 0.25) is 0 Å². The number of benzene rings is 1. The number of hydrogen-bond acceptors (Lipinski definition) is 4. The van der Waals surface area contributed by atoms with Gasteiger partial charge in [-0.25, -0.2) is 4.98 Å². The maximum absolute atomic E-state index is 9.81. The predicted molar refractivity (Wildman–Crippen MR) is 79.2 cm³/mol. The van der Waals surface area contributed by atoms with Crippen molar-refractivity contribution in [1.29, 1.82) is 0 Å². The Bertz CT molecular complexity index is 702. The van der Waals surface area contributed by atoms with Gasteiger partial charge in [0.2, 0.25) is 0 Å². The summed E-state index contributed by atoms with van der Waals surface area (Å²) in [5.41, 5.74) is 2.80. The third-order valence-electron chi connectivity index (χ3n) is 3.13. The van der Waals surface area contributed by atoms with Gasteiger partial charge in [-0.3, -0.25) is 4.40 Å². The number of aliphatic hydroxyl groups is 1. The van der Waals surface area contributed by atoms with Crippen molar-refractivity contribution in [2.45, 2.75) is 26.6 Å². The smallest absolute Gasteiger partial charge is 0.193 e. The molecule has 1 atom stereocenters. The number of imidazole rings is 1. The molecule has 0 bridgehead atoms. The Hall–Kier alpha value is -1.85. The van der Waals surface area contributed by atoms with E-state index < -0.39 is 6.10 Å². The molecule has 3 aromatic rings. The van der Waals surface area contributed by atoms with Crippen molar-refractivity contribution in [3.8, 4) is 5.75 Å². The summed E-state index contributed by atoms with van der Waals surface area (Å²) in [4.78, 5) is 5.44. The van der Waals surface area contributed by atoms with Crippen LogP contribution >= 0.6 is 11.3 Å². The zero-order chi connectivity index (χ0) is 14.1. The Morgan fingerprint density at radius 1 is 1.45 bits per heavy atom. The second kappa shape index (κ2) is 5.26. The van der Waals surface area contributed by atoms with Crippen molar-refractivity contribution < 1.29 is 9.84 Å². The van der Waals surface area contributed by atoms with E-state index >= 15 is 0 Å². The van der Waals surface area contributed by atoms with E-state index in [1.807, 2.05) is 47.3 Å². The zero-order valence-corrected chi connectivity index (χ0v) is 12.2. The molecular formula is C15H16N2O2S. The van der Waals surface area contributed by atoms with Crippen LogP contribution in [0.3, 0.4) is 0 Å². The Kier molecular flexibility index (Phi) is 3.46. The first kappa shape index (κ1) is 13.1. The van der Waals surface area contributed by atoms with Crippen molar-refractivity contribution in [2.24, 2.45) is 0 Å². The molecule has 0 aliphatic rings. The van der Waals surface area contributed by atoms with Crippen LogP contribution in [0, 0.1) is 6.92 Å². The first-order chi connectivity index (χ1) is 9.63. The van der Waals surface area contributed by atoms with Crippen molar-refractivity contribution in [1.82, 2.24) is 9.38 Å². The van der Waals surface area contributed by atoms with E-state index in [2.05, 4.69) is 4.98 Å². The van der Waals surface area contributed by atoms with Crippen LogP contribution in [-0.2, 0) is 6.61 Å². The minimum Gasteiger partial charge on any atom is -0.487 e. The molecule has 0 saturated heterocycles. The molecule has 0 saturated carbocycles. The molecule has 0 amide bonds. The largest absolute Gasteiger partial charge is 0.487 e. The lowest BCUT2D eigenvalue weighted by Crippen LogP contribution is -2.01. The van der Waals surface area contributed by atoms with E-state index in [1.54, 1.807) is 18.3 Å². The molecule has 3 rings (SSSR count). The van der Waals surface area contributed by atoms with Crippen LogP contribution in [0.1, 0.15) is 29.8 Å². The number of fused-ring (bicyclic) bond motifs is 1. The topological polar surface area (TPSA) is 46.8 Å². The molecular weight excluding hydrogens is 272 g/mol. The number of hydrogen-bond donors (Lipinski definition) is 1. The number of rotatable bonds is 4. The number of thiazole rings is 1. The van der Waals surface area contributed by atoms with Gasteiger partial charge in [0.25, 0.3) is 0 Å². The molecule has 1 aromatic carbocycles. The maximum Gasteiger partial charge on any atom is 0.193 e. The first-order valence-electron chi connectivity index (χ1n) is 6.46. The Balaban J connectivity index is 1.79. The van der Waals surface area contributed by atoms with E-state index in [1.165, 1.54) is 0 Å². The monoisotopic (exact) mass is 288 g/mol. The molecule has 0 spiro atoms. The molecule has 4 nitrogen and oxygen atoms in total. The SMILES string of the molecule is Cc1ccc(OCc2cn3ccsc3n2)c([C@@H](C)O)c1.